The van der Waals surface area contributed by atoms with Crippen LogP contribution in [0, 0.1) is 5.82 Å². The van der Waals surface area contributed by atoms with Crippen molar-refractivity contribution >= 4 is 22.5 Å². The highest BCUT2D eigenvalue weighted by Gasteiger charge is 2.17. The lowest BCUT2D eigenvalue weighted by Gasteiger charge is -2.15. The maximum absolute atomic E-state index is 13.1. The van der Waals surface area contributed by atoms with Crippen molar-refractivity contribution in [1.82, 2.24) is 4.98 Å². The molecule has 3 aromatic carbocycles. The van der Waals surface area contributed by atoms with Gasteiger partial charge in [0, 0.05) is 23.2 Å². The van der Waals surface area contributed by atoms with Gasteiger partial charge in [0.25, 0.3) is 0 Å². The van der Waals surface area contributed by atoms with Gasteiger partial charge in [-0.15, -0.1) is 0 Å². The zero-order valence-corrected chi connectivity index (χ0v) is 15.6. The molecule has 1 N–H and O–H groups in total. The number of pyridine rings is 1. The Morgan fingerprint density at radius 1 is 1.00 bits per heavy atom. The lowest BCUT2D eigenvalue weighted by atomic mass is 10.0. The Bertz CT molecular complexity index is 1100. The van der Waals surface area contributed by atoms with Gasteiger partial charge in [-0.2, -0.15) is 0 Å². The number of aromatic nitrogens is 1. The molecule has 4 rings (SSSR count). The van der Waals surface area contributed by atoms with E-state index in [9.17, 15) is 9.50 Å². The van der Waals surface area contributed by atoms with Crippen LogP contribution in [0.4, 0.5) is 4.39 Å². The molecule has 0 bridgehead atoms. The first kappa shape index (κ1) is 18.4. The summed E-state index contributed by atoms with van der Waals surface area (Å²) < 4.78 is 18.9. The number of hydrogen-bond donors (Lipinski definition) is 1. The number of aliphatic hydroxyl groups excluding tert-OH is 1. The maximum Gasteiger partial charge on any atom is 0.123 e. The molecular formula is C23H17ClFNO2. The van der Waals surface area contributed by atoms with Crippen molar-refractivity contribution in [2.45, 2.75) is 12.7 Å². The van der Waals surface area contributed by atoms with Gasteiger partial charge in [0.15, 0.2) is 0 Å². The Balaban J connectivity index is 1.60. The highest BCUT2D eigenvalue weighted by molar-refractivity contribution is 6.36. The smallest absolute Gasteiger partial charge is 0.123 e. The fourth-order valence-electron chi connectivity index (χ4n) is 3.00. The molecule has 1 atom stereocenters. The second kappa shape index (κ2) is 7.97. The van der Waals surface area contributed by atoms with E-state index in [1.54, 1.807) is 6.20 Å². The predicted octanol–water partition coefficient (Wildman–Crippen LogP) is 5.69. The molecule has 0 aliphatic rings. The van der Waals surface area contributed by atoms with Gasteiger partial charge < -0.3 is 9.84 Å². The van der Waals surface area contributed by atoms with Crippen molar-refractivity contribution in [3.8, 4) is 5.75 Å². The molecule has 0 radical (unpaired) electrons. The van der Waals surface area contributed by atoms with Crippen molar-refractivity contribution < 1.29 is 14.2 Å². The molecule has 0 aliphatic heterocycles. The number of fused-ring (bicyclic) bond motifs is 1. The summed E-state index contributed by atoms with van der Waals surface area (Å²) in [6.07, 6.45) is 0.554. The molecule has 1 unspecified atom stereocenters. The maximum atomic E-state index is 13.1. The van der Waals surface area contributed by atoms with Gasteiger partial charge in [0.05, 0.1) is 10.5 Å². The lowest BCUT2D eigenvalue weighted by Crippen LogP contribution is -2.02. The van der Waals surface area contributed by atoms with Crippen molar-refractivity contribution in [2.75, 3.05) is 0 Å². The summed E-state index contributed by atoms with van der Waals surface area (Å²) in [6.45, 7) is 0.460. The first-order valence-corrected chi connectivity index (χ1v) is 9.18. The summed E-state index contributed by atoms with van der Waals surface area (Å²) in [6, 6.07) is 21.0. The Morgan fingerprint density at radius 2 is 1.75 bits per heavy atom. The normalized spacial score (nSPS) is 12.1. The van der Waals surface area contributed by atoms with Gasteiger partial charge in [0.2, 0.25) is 0 Å². The Morgan fingerprint density at radius 3 is 2.50 bits per heavy atom. The number of hydrogen-bond acceptors (Lipinski definition) is 3. The van der Waals surface area contributed by atoms with Crippen LogP contribution in [0.3, 0.4) is 0 Å². The quantitative estimate of drug-likeness (QED) is 0.473. The molecule has 4 aromatic rings. The minimum atomic E-state index is -0.987. The van der Waals surface area contributed by atoms with Crippen LogP contribution in [-0.4, -0.2) is 10.1 Å². The van der Waals surface area contributed by atoms with Gasteiger partial charge in [-0.3, -0.25) is 4.98 Å². The van der Waals surface area contributed by atoms with E-state index in [-0.39, 0.29) is 5.82 Å². The third kappa shape index (κ3) is 3.84. The molecule has 5 heteroatoms. The Kier molecular flexibility index (Phi) is 5.24. The first-order valence-electron chi connectivity index (χ1n) is 8.80. The molecule has 28 heavy (non-hydrogen) atoms. The fourth-order valence-corrected chi connectivity index (χ4v) is 3.31. The summed E-state index contributed by atoms with van der Waals surface area (Å²) in [4.78, 5) is 4.42. The minimum absolute atomic E-state index is 0.360. The molecule has 0 saturated carbocycles. The molecule has 3 nitrogen and oxygen atoms in total. The van der Waals surface area contributed by atoms with Crippen molar-refractivity contribution in [3.05, 3.63) is 107 Å². The van der Waals surface area contributed by atoms with E-state index in [0.717, 1.165) is 5.56 Å². The average molecular weight is 394 g/mol. The molecule has 1 aromatic heterocycles. The third-order valence-corrected chi connectivity index (χ3v) is 4.95. The third-order valence-electron chi connectivity index (χ3n) is 4.53. The van der Waals surface area contributed by atoms with Crippen molar-refractivity contribution in [1.29, 1.82) is 0 Å². The summed E-state index contributed by atoms with van der Waals surface area (Å²) >= 11 is 6.53. The van der Waals surface area contributed by atoms with E-state index < -0.39 is 6.10 Å². The largest absolute Gasteiger partial charge is 0.489 e. The molecule has 140 valence electrons. The highest BCUT2D eigenvalue weighted by Crippen LogP contribution is 2.34. The van der Waals surface area contributed by atoms with Crippen LogP contribution in [0.15, 0.2) is 79.0 Å². The summed E-state index contributed by atoms with van der Waals surface area (Å²) in [5.41, 5.74) is 2.77. The number of benzene rings is 3. The second-order valence-electron chi connectivity index (χ2n) is 6.43. The van der Waals surface area contributed by atoms with E-state index in [2.05, 4.69) is 4.98 Å². The molecule has 0 fully saturated rings. The fraction of sp³-hybridized carbons (Fsp3) is 0.0870. The van der Waals surface area contributed by atoms with E-state index >= 15 is 0 Å². The van der Waals surface area contributed by atoms with Crippen LogP contribution in [0.25, 0.3) is 10.9 Å². The predicted molar refractivity (Wildman–Crippen MR) is 108 cm³/mol. The number of aliphatic hydroxyl groups is 1. The minimum Gasteiger partial charge on any atom is -0.489 e. The highest BCUT2D eigenvalue weighted by atomic mass is 35.5. The zero-order chi connectivity index (χ0) is 19.5. The van der Waals surface area contributed by atoms with Crippen LogP contribution in [0.2, 0.25) is 5.02 Å². The number of rotatable bonds is 5. The van der Waals surface area contributed by atoms with E-state index in [4.69, 9.17) is 16.3 Å². The SMILES string of the molecule is OC(c1ccc(F)cc1)c1cnc2cc(OCc3ccccc3)ccc2c1Cl. The van der Waals surface area contributed by atoms with Crippen molar-refractivity contribution in [2.24, 2.45) is 0 Å². The Labute approximate surface area is 167 Å². The second-order valence-corrected chi connectivity index (χ2v) is 6.81. The molecule has 0 aliphatic carbocycles. The van der Waals surface area contributed by atoms with Gasteiger partial charge in [-0.25, -0.2) is 4.39 Å². The summed E-state index contributed by atoms with van der Waals surface area (Å²) in [5, 5.41) is 11.7. The van der Waals surface area contributed by atoms with Crippen LogP contribution >= 0.6 is 11.6 Å². The average Bonchev–Trinajstić information content (AvgIpc) is 2.73. The van der Waals surface area contributed by atoms with Crippen LogP contribution in [0.5, 0.6) is 5.75 Å². The molecule has 0 spiro atoms. The van der Waals surface area contributed by atoms with Crippen LogP contribution in [0.1, 0.15) is 22.8 Å². The molecule has 0 amide bonds. The molecule has 0 saturated heterocycles. The summed E-state index contributed by atoms with van der Waals surface area (Å²) in [5.74, 6) is 0.327. The van der Waals surface area contributed by atoms with E-state index in [1.807, 2.05) is 48.5 Å². The van der Waals surface area contributed by atoms with Crippen LogP contribution < -0.4 is 4.74 Å². The topological polar surface area (TPSA) is 42.4 Å². The number of nitrogens with zero attached hydrogens (tertiary/aromatic N) is 1. The standard InChI is InChI=1S/C23H17ClFNO2/c24-22-19-11-10-18(28-14-15-4-2-1-3-5-15)12-21(19)26-13-20(22)23(27)16-6-8-17(25)9-7-16/h1-13,23,27H,14H2. The number of ether oxygens (including phenoxy) is 1. The summed E-state index contributed by atoms with van der Waals surface area (Å²) in [7, 11) is 0. The van der Waals surface area contributed by atoms with Gasteiger partial charge in [-0.1, -0.05) is 54.1 Å². The molecular weight excluding hydrogens is 377 g/mol. The van der Waals surface area contributed by atoms with Gasteiger partial charge >= 0.3 is 0 Å². The van der Waals surface area contributed by atoms with Gasteiger partial charge in [0.1, 0.15) is 24.3 Å². The van der Waals surface area contributed by atoms with E-state index in [0.29, 0.717) is 39.4 Å². The monoisotopic (exact) mass is 393 g/mol. The van der Waals surface area contributed by atoms with Gasteiger partial charge in [-0.05, 0) is 35.4 Å². The van der Waals surface area contributed by atoms with Crippen molar-refractivity contribution in [3.63, 3.8) is 0 Å². The number of halogens is 2. The van der Waals surface area contributed by atoms with E-state index in [1.165, 1.54) is 24.3 Å². The Hall–Kier alpha value is -2.95. The first-order chi connectivity index (χ1) is 13.6. The molecule has 1 heterocycles. The van der Waals surface area contributed by atoms with Crippen LogP contribution in [-0.2, 0) is 6.61 Å². The lowest BCUT2D eigenvalue weighted by molar-refractivity contribution is 0.220. The zero-order valence-electron chi connectivity index (χ0n) is 14.8.